The van der Waals surface area contributed by atoms with Crippen LogP contribution in [0.4, 0.5) is 0 Å². The van der Waals surface area contributed by atoms with Gasteiger partial charge < -0.3 is 10.5 Å². The predicted octanol–water partition coefficient (Wildman–Crippen LogP) is 2.25. The summed E-state index contributed by atoms with van der Waals surface area (Å²) in [7, 11) is 2.20. The molecule has 1 unspecified atom stereocenters. The third kappa shape index (κ3) is 3.01. The van der Waals surface area contributed by atoms with Gasteiger partial charge in [0.25, 0.3) is 0 Å². The molecule has 0 spiro atoms. The fraction of sp³-hybridized carbons (Fsp3) is 1.00. The highest BCUT2D eigenvalue weighted by atomic mass is 16.5. The van der Waals surface area contributed by atoms with Crippen LogP contribution in [0.25, 0.3) is 0 Å². The lowest BCUT2D eigenvalue weighted by atomic mass is 9.74. The van der Waals surface area contributed by atoms with Gasteiger partial charge in [-0.1, -0.05) is 20.3 Å². The van der Waals surface area contributed by atoms with Crippen LogP contribution in [0.2, 0.25) is 0 Å². The largest absolute Gasteiger partial charge is 0.377 e. The molecule has 1 aliphatic carbocycles. The van der Waals surface area contributed by atoms with Gasteiger partial charge in [0.2, 0.25) is 0 Å². The Morgan fingerprint density at radius 3 is 2.35 bits per heavy atom. The van der Waals surface area contributed by atoms with Crippen molar-refractivity contribution in [1.29, 1.82) is 0 Å². The molecule has 0 aromatic rings. The lowest BCUT2D eigenvalue weighted by molar-refractivity contribution is -0.00254. The maximum Gasteiger partial charge on any atom is 0.0597 e. The first-order valence-corrected chi connectivity index (χ1v) is 6.89. The maximum absolute atomic E-state index is 6.09. The smallest absolute Gasteiger partial charge is 0.0597 e. The number of ether oxygens (including phenoxy) is 1. The van der Waals surface area contributed by atoms with Crippen LogP contribution in [0, 0.1) is 5.41 Å². The van der Waals surface area contributed by atoms with Gasteiger partial charge in [-0.15, -0.1) is 0 Å². The Hall–Kier alpha value is -0.120. The molecule has 3 nitrogen and oxygen atoms in total. The summed E-state index contributed by atoms with van der Waals surface area (Å²) < 4.78 is 5.65. The molecular formula is C14H30N2O. The Labute approximate surface area is 107 Å². The van der Waals surface area contributed by atoms with Crippen LogP contribution in [-0.2, 0) is 4.74 Å². The Morgan fingerprint density at radius 1 is 1.29 bits per heavy atom. The third-order valence-corrected chi connectivity index (χ3v) is 4.60. The highest BCUT2D eigenvalue weighted by molar-refractivity contribution is 5.06. The van der Waals surface area contributed by atoms with E-state index in [4.69, 9.17) is 10.5 Å². The van der Waals surface area contributed by atoms with Crippen LogP contribution < -0.4 is 5.73 Å². The van der Waals surface area contributed by atoms with Crippen molar-refractivity contribution in [3.63, 3.8) is 0 Å². The molecule has 0 saturated heterocycles. The van der Waals surface area contributed by atoms with Crippen molar-refractivity contribution in [2.75, 3.05) is 26.7 Å². The minimum Gasteiger partial charge on any atom is -0.377 e. The average Bonchev–Trinajstić information content (AvgIpc) is 2.53. The highest BCUT2D eigenvalue weighted by Gasteiger charge is 2.50. The monoisotopic (exact) mass is 242 g/mol. The molecule has 0 heterocycles. The van der Waals surface area contributed by atoms with Crippen LogP contribution in [0.5, 0.6) is 0 Å². The van der Waals surface area contributed by atoms with E-state index in [-0.39, 0.29) is 5.54 Å². The number of nitrogens with two attached hydrogens (primary N) is 1. The number of likely N-dealkylation sites (N-methyl/N-ethyl adjacent to an activating group) is 1. The van der Waals surface area contributed by atoms with Crippen molar-refractivity contribution in [1.82, 2.24) is 4.90 Å². The summed E-state index contributed by atoms with van der Waals surface area (Å²) in [4.78, 5) is 2.43. The number of rotatable bonds is 6. The Balaban J connectivity index is 2.60. The van der Waals surface area contributed by atoms with E-state index in [1.807, 2.05) is 0 Å². The number of hydrogen-bond donors (Lipinski definition) is 1. The Kier molecular flexibility index (Phi) is 4.99. The second-order valence-corrected chi connectivity index (χ2v) is 6.31. The second-order valence-electron chi connectivity index (χ2n) is 6.31. The molecule has 1 saturated carbocycles. The first-order chi connectivity index (χ1) is 7.85. The predicted molar refractivity (Wildman–Crippen MR) is 73.1 cm³/mol. The molecule has 2 N–H and O–H groups in total. The zero-order valence-electron chi connectivity index (χ0n) is 12.3. The van der Waals surface area contributed by atoms with Crippen LogP contribution in [0.1, 0.15) is 47.0 Å². The molecule has 0 aromatic heterocycles. The summed E-state index contributed by atoms with van der Waals surface area (Å²) in [5, 5.41) is 0. The normalized spacial score (nSPS) is 28.2. The highest BCUT2D eigenvalue weighted by Crippen LogP contribution is 2.48. The van der Waals surface area contributed by atoms with E-state index < -0.39 is 0 Å². The van der Waals surface area contributed by atoms with Crippen molar-refractivity contribution in [3.05, 3.63) is 0 Å². The first-order valence-electron chi connectivity index (χ1n) is 6.89. The van der Waals surface area contributed by atoms with Crippen molar-refractivity contribution in [3.8, 4) is 0 Å². The van der Waals surface area contributed by atoms with E-state index in [9.17, 15) is 0 Å². The van der Waals surface area contributed by atoms with Gasteiger partial charge in [0.15, 0.2) is 0 Å². The van der Waals surface area contributed by atoms with E-state index in [1.54, 1.807) is 0 Å². The molecule has 102 valence electrons. The quantitative estimate of drug-likeness (QED) is 0.776. The summed E-state index contributed by atoms with van der Waals surface area (Å²) in [6.07, 6.45) is 4.10. The molecule has 0 aromatic carbocycles. The molecule has 3 heteroatoms. The van der Waals surface area contributed by atoms with Crippen LogP contribution in [-0.4, -0.2) is 43.3 Å². The topological polar surface area (TPSA) is 38.5 Å². The summed E-state index contributed by atoms with van der Waals surface area (Å²) in [6.45, 7) is 11.4. The fourth-order valence-electron chi connectivity index (χ4n) is 3.27. The molecular weight excluding hydrogens is 212 g/mol. The van der Waals surface area contributed by atoms with Crippen LogP contribution >= 0.6 is 0 Å². The fourth-order valence-corrected chi connectivity index (χ4v) is 3.27. The Morgan fingerprint density at radius 2 is 1.94 bits per heavy atom. The zero-order valence-corrected chi connectivity index (χ0v) is 12.3. The van der Waals surface area contributed by atoms with Crippen molar-refractivity contribution < 1.29 is 4.74 Å². The first kappa shape index (κ1) is 14.9. The van der Waals surface area contributed by atoms with Gasteiger partial charge in [-0.25, -0.2) is 0 Å². The van der Waals surface area contributed by atoms with Gasteiger partial charge in [-0.2, -0.15) is 0 Å². The molecule has 0 aliphatic heterocycles. The van der Waals surface area contributed by atoms with Gasteiger partial charge in [0, 0.05) is 18.6 Å². The van der Waals surface area contributed by atoms with Crippen molar-refractivity contribution in [2.45, 2.75) is 58.6 Å². The summed E-state index contributed by atoms with van der Waals surface area (Å²) in [6, 6.07) is 0. The molecule has 0 bridgehead atoms. The molecule has 0 radical (unpaired) electrons. The van der Waals surface area contributed by atoms with Gasteiger partial charge in [0.1, 0.15) is 0 Å². The van der Waals surface area contributed by atoms with Crippen molar-refractivity contribution in [2.24, 2.45) is 11.1 Å². The minimum absolute atomic E-state index is 0.160. The van der Waals surface area contributed by atoms with Crippen LogP contribution in [0.15, 0.2) is 0 Å². The van der Waals surface area contributed by atoms with E-state index in [0.717, 1.165) is 19.7 Å². The van der Waals surface area contributed by atoms with Gasteiger partial charge in [-0.3, -0.25) is 4.90 Å². The molecule has 1 rings (SSSR count). The van der Waals surface area contributed by atoms with E-state index in [1.165, 1.54) is 19.3 Å². The van der Waals surface area contributed by atoms with Gasteiger partial charge in [0.05, 0.1) is 12.7 Å². The zero-order chi connectivity index (χ0) is 13.1. The average molecular weight is 242 g/mol. The summed E-state index contributed by atoms with van der Waals surface area (Å²) in [5.41, 5.74) is 6.57. The molecule has 1 fully saturated rings. The van der Waals surface area contributed by atoms with Crippen molar-refractivity contribution >= 4 is 0 Å². The third-order valence-electron chi connectivity index (χ3n) is 4.60. The molecule has 17 heavy (non-hydrogen) atoms. The molecule has 1 aliphatic rings. The number of nitrogens with zero attached hydrogens (tertiary/aromatic N) is 1. The number of hydrogen-bond acceptors (Lipinski definition) is 3. The SMILES string of the molecule is CC(C)OCCN(C)C1(CN)CCCC1(C)C. The van der Waals surface area contributed by atoms with E-state index >= 15 is 0 Å². The summed E-state index contributed by atoms with van der Waals surface area (Å²) in [5.74, 6) is 0. The summed E-state index contributed by atoms with van der Waals surface area (Å²) >= 11 is 0. The van der Waals surface area contributed by atoms with E-state index in [2.05, 4.69) is 39.6 Å². The molecule has 1 atom stereocenters. The second kappa shape index (κ2) is 5.68. The van der Waals surface area contributed by atoms with E-state index in [0.29, 0.717) is 11.5 Å². The lowest BCUT2D eigenvalue weighted by Gasteiger charge is -2.48. The van der Waals surface area contributed by atoms with Gasteiger partial charge >= 0.3 is 0 Å². The maximum atomic E-state index is 6.09. The van der Waals surface area contributed by atoms with Gasteiger partial charge in [-0.05, 0) is 39.2 Å². The molecule has 0 amide bonds. The standard InChI is InChI=1S/C14H30N2O/c1-12(2)17-10-9-16(5)14(11-15)8-6-7-13(14,3)4/h12H,6-11,15H2,1-5H3. The van der Waals surface area contributed by atoms with Crippen LogP contribution in [0.3, 0.4) is 0 Å². The lowest BCUT2D eigenvalue weighted by Crippen LogP contribution is -2.59. The Bertz CT molecular complexity index is 240. The minimum atomic E-state index is 0.160.